The highest BCUT2D eigenvalue weighted by Crippen LogP contribution is 2.25. The smallest absolute Gasteiger partial charge is 0.404 e. The standard InChI is InChI=1S/C21H29N5O4/c1-21(2,3)19-23-13-16(17(25-19)22-12-15-5-4-10-30-15)18(27)26-8-6-14(7-9-26)11-24-20(28)29/h4-5,10,13-14,24H,6-9,11-12H2,1-3H3,(H,28,29)(H,22,23,25). The summed E-state index contributed by atoms with van der Waals surface area (Å²) in [5.74, 6) is 2.00. The van der Waals surface area contributed by atoms with Crippen LogP contribution in [-0.4, -0.2) is 51.6 Å². The molecule has 0 bridgehead atoms. The highest BCUT2D eigenvalue weighted by atomic mass is 16.4. The summed E-state index contributed by atoms with van der Waals surface area (Å²) >= 11 is 0. The molecule has 2 aromatic heterocycles. The second kappa shape index (κ2) is 9.15. The monoisotopic (exact) mass is 415 g/mol. The van der Waals surface area contributed by atoms with Crippen LogP contribution < -0.4 is 10.6 Å². The van der Waals surface area contributed by atoms with Crippen molar-refractivity contribution in [3.05, 3.63) is 41.7 Å². The number of rotatable bonds is 6. The van der Waals surface area contributed by atoms with E-state index in [-0.39, 0.29) is 17.2 Å². The van der Waals surface area contributed by atoms with Crippen molar-refractivity contribution in [2.24, 2.45) is 5.92 Å². The third-order valence-electron chi connectivity index (χ3n) is 5.14. The predicted octanol–water partition coefficient (Wildman–Crippen LogP) is 3.10. The highest BCUT2D eigenvalue weighted by molar-refractivity contribution is 5.98. The number of furan rings is 1. The highest BCUT2D eigenvalue weighted by Gasteiger charge is 2.27. The summed E-state index contributed by atoms with van der Waals surface area (Å²) in [4.78, 5) is 34.7. The van der Waals surface area contributed by atoms with Crippen LogP contribution in [0.25, 0.3) is 0 Å². The van der Waals surface area contributed by atoms with Crippen LogP contribution in [0.15, 0.2) is 29.0 Å². The van der Waals surface area contributed by atoms with Gasteiger partial charge in [0.2, 0.25) is 0 Å². The Morgan fingerprint density at radius 2 is 2.03 bits per heavy atom. The molecule has 2 aromatic rings. The summed E-state index contributed by atoms with van der Waals surface area (Å²) in [6.07, 6.45) is 3.69. The minimum Gasteiger partial charge on any atom is -0.467 e. The Labute approximate surface area is 175 Å². The molecule has 0 saturated carbocycles. The van der Waals surface area contributed by atoms with Crippen molar-refractivity contribution < 1.29 is 19.1 Å². The fourth-order valence-electron chi connectivity index (χ4n) is 3.36. The molecule has 0 radical (unpaired) electrons. The molecule has 9 nitrogen and oxygen atoms in total. The molecule has 0 aliphatic carbocycles. The number of carbonyl (C=O) groups excluding carboxylic acids is 1. The maximum Gasteiger partial charge on any atom is 0.404 e. The molecule has 0 atom stereocenters. The van der Waals surface area contributed by atoms with E-state index >= 15 is 0 Å². The molecule has 1 fully saturated rings. The predicted molar refractivity (Wildman–Crippen MR) is 111 cm³/mol. The quantitative estimate of drug-likeness (QED) is 0.663. The second-order valence-corrected chi connectivity index (χ2v) is 8.56. The maximum absolute atomic E-state index is 13.2. The Kier molecular flexibility index (Phi) is 6.59. The first kappa shape index (κ1) is 21.6. The van der Waals surface area contributed by atoms with E-state index in [2.05, 4.69) is 20.6 Å². The van der Waals surface area contributed by atoms with Gasteiger partial charge in [0.05, 0.1) is 12.8 Å². The lowest BCUT2D eigenvalue weighted by atomic mass is 9.95. The molecule has 3 N–H and O–H groups in total. The van der Waals surface area contributed by atoms with Crippen LogP contribution in [-0.2, 0) is 12.0 Å². The molecule has 3 heterocycles. The third kappa shape index (κ3) is 5.49. The molecule has 0 unspecified atom stereocenters. The van der Waals surface area contributed by atoms with Gasteiger partial charge >= 0.3 is 6.09 Å². The molecule has 2 amide bonds. The average Bonchev–Trinajstić information content (AvgIpc) is 3.23. The molecule has 3 rings (SSSR count). The van der Waals surface area contributed by atoms with Crippen molar-refractivity contribution in [3.8, 4) is 0 Å². The molecule has 1 aliphatic heterocycles. The van der Waals surface area contributed by atoms with E-state index in [0.29, 0.717) is 43.4 Å². The average molecular weight is 415 g/mol. The number of carbonyl (C=O) groups is 2. The second-order valence-electron chi connectivity index (χ2n) is 8.56. The molecule has 1 saturated heterocycles. The fourth-order valence-corrected chi connectivity index (χ4v) is 3.36. The van der Waals surface area contributed by atoms with E-state index in [1.807, 2.05) is 32.9 Å². The number of anilines is 1. The van der Waals surface area contributed by atoms with Gasteiger partial charge in [-0.1, -0.05) is 20.8 Å². The third-order valence-corrected chi connectivity index (χ3v) is 5.14. The van der Waals surface area contributed by atoms with Crippen LogP contribution in [0.4, 0.5) is 10.6 Å². The number of hydrogen-bond donors (Lipinski definition) is 3. The van der Waals surface area contributed by atoms with E-state index in [0.717, 1.165) is 18.6 Å². The Bertz CT molecular complexity index is 868. The van der Waals surface area contributed by atoms with E-state index < -0.39 is 6.09 Å². The molecule has 1 aliphatic rings. The van der Waals surface area contributed by atoms with Crippen molar-refractivity contribution in [1.29, 1.82) is 0 Å². The Morgan fingerprint density at radius 1 is 1.30 bits per heavy atom. The largest absolute Gasteiger partial charge is 0.467 e. The first-order valence-electron chi connectivity index (χ1n) is 10.1. The van der Waals surface area contributed by atoms with Crippen LogP contribution >= 0.6 is 0 Å². The van der Waals surface area contributed by atoms with Crippen molar-refractivity contribution in [3.63, 3.8) is 0 Å². The fraction of sp³-hybridized carbons (Fsp3) is 0.524. The number of hydrogen-bond acceptors (Lipinski definition) is 6. The van der Waals surface area contributed by atoms with Gasteiger partial charge in [0.25, 0.3) is 5.91 Å². The van der Waals surface area contributed by atoms with Crippen LogP contribution in [0.5, 0.6) is 0 Å². The minimum absolute atomic E-state index is 0.123. The van der Waals surface area contributed by atoms with Gasteiger partial charge in [0.1, 0.15) is 23.0 Å². The molecule has 0 aromatic carbocycles. The van der Waals surface area contributed by atoms with Gasteiger partial charge in [-0.3, -0.25) is 4.79 Å². The molecule has 162 valence electrons. The number of amides is 2. The van der Waals surface area contributed by atoms with Gasteiger partial charge in [-0.2, -0.15) is 0 Å². The Hall–Kier alpha value is -3.10. The maximum atomic E-state index is 13.2. The Morgan fingerprint density at radius 3 is 2.63 bits per heavy atom. The van der Waals surface area contributed by atoms with Gasteiger partial charge in [0.15, 0.2) is 0 Å². The Balaban J connectivity index is 1.73. The van der Waals surface area contributed by atoms with Crippen molar-refractivity contribution in [1.82, 2.24) is 20.2 Å². The van der Waals surface area contributed by atoms with Crippen LogP contribution in [0.2, 0.25) is 0 Å². The topological polar surface area (TPSA) is 121 Å². The number of nitrogens with zero attached hydrogens (tertiary/aromatic N) is 3. The number of piperidine rings is 1. The first-order chi connectivity index (χ1) is 14.2. The molecular formula is C21H29N5O4. The van der Waals surface area contributed by atoms with Gasteiger partial charge in [-0.25, -0.2) is 14.8 Å². The van der Waals surface area contributed by atoms with Gasteiger partial charge < -0.3 is 25.1 Å². The minimum atomic E-state index is -1.02. The lowest BCUT2D eigenvalue weighted by Crippen LogP contribution is -2.41. The lowest BCUT2D eigenvalue weighted by molar-refractivity contribution is 0.0689. The van der Waals surface area contributed by atoms with Gasteiger partial charge in [0, 0.05) is 31.2 Å². The van der Waals surface area contributed by atoms with Crippen LogP contribution in [0.3, 0.4) is 0 Å². The van der Waals surface area contributed by atoms with E-state index in [1.54, 1.807) is 17.4 Å². The molecule has 30 heavy (non-hydrogen) atoms. The SMILES string of the molecule is CC(C)(C)c1ncc(C(=O)N2CCC(CNC(=O)O)CC2)c(NCc2ccco2)n1. The first-order valence-corrected chi connectivity index (χ1v) is 10.1. The lowest BCUT2D eigenvalue weighted by Gasteiger charge is -2.32. The van der Waals surface area contributed by atoms with E-state index in [9.17, 15) is 9.59 Å². The summed E-state index contributed by atoms with van der Waals surface area (Å²) in [5.41, 5.74) is 0.176. The number of nitrogens with one attached hydrogen (secondary N) is 2. The molecule has 9 heteroatoms. The summed E-state index contributed by atoms with van der Waals surface area (Å²) < 4.78 is 5.37. The van der Waals surface area contributed by atoms with Crippen molar-refractivity contribution in [2.75, 3.05) is 25.0 Å². The van der Waals surface area contributed by atoms with E-state index in [4.69, 9.17) is 9.52 Å². The number of likely N-dealkylation sites (tertiary alicyclic amines) is 1. The van der Waals surface area contributed by atoms with Crippen LogP contribution in [0.1, 0.15) is 55.6 Å². The zero-order valence-corrected chi connectivity index (χ0v) is 17.6. The summed E-state index contributed by atoms with van der Waals surface area (Å²) in [6.45, 7) is 8.04. The summed E-state index contributed by atoms with van der Waals surface area (Å²) in [7, 11) is 0. The molecular weight excluding hydrogens is 386 g/mol. The molecule has 0 spiro atoms. The zero-order chi connectivity index (χ0) is 21.7. The van der Waals surface area contributed by atoms with Gasteiger partial charge in [-0.15, -0.1) is 0 Å². The summed E-state index contributed by atoms with van der Waals surface area (Å²) in [6, 6.07) is 3.67. The number of carboxylic acid groups (broad SMARTS) is 1. The zero-order valence-electron chi connectivity index (χ0n) is 17.6. The van der Waals surface area contributed by atoms with Gasteiger partial charge in [-0.05, 0) is 30.9 Å². The van der Waals surface area contributed by atoms with Crippen molar-refractivity contribution >= 4 is 17.8 Å². The normalized spacial score (nSPS) is 15.1. The summed E-state index contributed by atoms with van der Waals surface area (Å²) in [5, 5.41) is 14.4. The van der Waals surface area contributed by atoms with E-state index in [1.165, 1.54) is 0 Å². The number of aromatic nitrogens is 2. The van der Waals surface area contributed by atoms with Crippen LogP contribution in [0, 0.1) is 5.92 Å². The van der Waals surface area contributed by atoms with Crippen molar-refractivity contribution in [2.45, 2.75) is 45.6 Å².